The fourth-order valence-electron chi connectivity index (χ4n) is 2.67. The molecule has 26 heavy (non-hydrogen) atoms. The third kappa shape index (κ3) is 4.53. The van der Waals surface area contributed by atoms with Crippen LogP contribution in [0.25, 0.3) is 0 Å². The van der Waals surface area contributed by atoms with E-state index in [1.54, 1.807) is 56.3 Å². The normalized spacial score (nSPS) is 12.7. The highest BCUT2D eigenvalue weighted by Gasteiger charge is 2.42. The molecule has 2 rings (SSSR count). The van der Waals surface area contributed by atoms with E-state index >= 15 is 0 Å². The second kappa shape index (κ2) is 9.46. The molecule has 136 valence electrons. The van der Waals surface area contributed by atoms with Crippen LogP contribution in [0.1, 0.15) is 35.7 Å². The number of aromatic nitrogens is 1. The predicted octanol–water partition coefficient (Wildman–Crippen LogP) is 2.79. The molecule has 0 fully saturated rings. The first-order valence-electron chi connectivity index (χ1n) is 8.42. The molecule has 0 amide bonds. The Labute approximate surface area is 152 Å². The Kier molecular flexibility index (Phi) is 7.02. The summed E-state index contributed by atoms with van der Waals surface area (Å²) >= 11 is 0. The summed E-state index contributed by atoms with van der Waals surface area (Å²) in [6.45, 7) is 3.55. The van der Waals surface area contributed by atoms with Crippen molar-refractivity contribution in [3.8, 4) is 0 Å². The van der Waals surface area contributed by atoms with E-state index in [0.717, 1.165) is 0 Å². The molecular formula is C20H21NO5. The van der Waals surface area contributed by atoms with Crippen LogP contribution in [0.5, 0.6) is 0 Å². The largest absolute Gasteiger partial charge is 0.465 e. The molecule has 1 heterocycles. The average molecular weight is 355 g/mol. The summed E-state index contributed by atoms with van der Waals surface area (Å²) in [5, 5.41) is 0. The summed E-state index contributed by atoms with van der Waals surface area (Å²) in [6.07, 6.45) is 2.89. The van der Waals surface area contributed by atoms with E-state index in [2.05, 4.69) is 4.98 Å². The number of pyridine rings is 1. The zero-order valence-electron chi connectivity index (χ0n) is 14.8. The van der Waals surface area contributed by atoms with Gasteiger partial charge in [0.2, 0.25) is 0 Å². The van der Waals surface area contributed by atoms with Gasteiger partial charge in [0.25, 0.3) is 0 Å². The molecular weight excluding hydrogens is 334 g/mol. The van der Waals surface area contributed by atoms with Gasteiger partial charge < -0.3 is 9.47 Å². The number of ketones is 1. The van der Waals surface area contributed by atoms with E-state index in [0.29, 0.717) is 5.56 Å². The molecule has 0 spiro atoms. The van der Waals surface area contributed by atoms with E-state index in [4.69, 9.17) is 9.47 Å². The van der Waals surface area contributed by atoms with Crippen molar-refractivity contribution in [2.45, 2.75) is 19.8 Å². The number of hydrogen-bond donors (Lipinski definition) is 0. The summed E-state index contributed by atoms with van der Waals surface area (Å²) in [5.41, 5.74) is 0.747. The van der Waals surface area contributed by atoms with E-state index in [1.807, 2.05) is 0 Å². The number of esters is 2. The maximum absolute atomic E-state index is 13.0. The molecule has 0 radical (unpaired) electrons. The first kappa shape index (κ1) is 19.3. The number of nitrogens with zero attached hydrogens (tertiary/aromatic N) is 1. The summed E-state index contributed by atoms with van der Waals surface area (Å²) < 4.78 is 10.2. The summed E-state index contributed by atoms with van der Waals surface area (Å²) in [6, 6.07) is 11.8. The monoisotopic (exact) mass is 355 g/mol. The van der Waals surface area contributed by atoms with Crippen molar-refractivity contribution < 1.29 is 23.9 Å². The van der Waals surface area contributed by atoms with Gasteiger partial charge in [0.1, 0.15) is 11.8 Å². The van der Waals surface area contributed by atoms with Gasteiger partial charge in [-0.3, -0.25) is 19.4 Å². The second-order valence-electron chi connectivity index (χ2n) is 5.48. The smallest absolute Gasteiger partial charge is 0.318 e. The van der Waals surface area contributed by atoms with Gasteiger partial charge in [-0.15, -0.1) is 0 Å². The van der Waals surface area contributed by atoms with Gasteiger partial charge in [-0.1, -0.05) is 30.3 Å². The Balaban J connectivity index is 2.52. The summed E-state index contributed by atoms with van der Waals surface area (Å²) in [4.78, 5) is 42.2. The summed E-state index contributed by atoms with van der Waals surface area (Å²) in [7, 11) is 0. The minimum atomic E-state index is -1.35. The Morgan fingerprint density at radius 2 is 1.58 bits per heavy atom. The van der Waals surface area contributed by atoms with Crippen LogP contribution in [0.3, 0.4) is 0 Å². The molecule has 1 aromatic heterocycles. The molecule has 2 atom stereocenters. The highest BCUT2D eigenvalue weighted by atomic mass is 16.5. The maximum Gasteiger partial charge on any atom is 0.318 e. The molecule has 0 saturated heterocycles. The molecule has 6 nitrogen and oxygen atoms in total. The van der Waals surface area contributed by atoms with Crippen molar-refractivity contribution in [3.63, 3.8) is 0 Å². The molecule has 0 saturated carbocycles. The van der Waals surface area contributed by atoms with Crippen molar-refractivity contribution in [2.24, 2.45) is 5.92 Å². The fraction of sp³-hybridized carbons (Fsp3) is 0.300. The maximum atomic E-state index is 13.0. The number of Topliss-reactive ketones (excluding diaryl/α,β-unsaturated/α-hetero) is 1. The third-order valence-electron chi connectivity index (χ3n) is 3.80. The van der Waals surface area contributed by atoms with Crippen LogP contribution < -0.4 is 0 Å². The van der Waals surface area contributed by atoms with Crippen molar-refractivity contribution in [3.05, 3.63) is 66.0 Å². The van der Waals surface area contributed by atoms with Crippen LogP contribution in [0, 0.1) is 5.92 Å². The first-order chi connectivity index (χ1) is 12.6. The molecule has 0 bridgehead atoms. The zero-order chi connectivity index (χ0) is 18.9. The molecule has 0 N–H and O–H groups in total. The third-order valence-corrected chi connectivity index (χ3v) is 3.80. The fourth-order valence-corrected chi connectivity index (χ4v) is 2.67. The van der Waals surface area contributed by atoms with E-state index in [9.17, 15) is 14.4 Å². The van der Waals surface area contributed by atoms with Gasteiger partial charge in [-0.2, -0.15) is 0 Å². The standard InChI is InChI=1S/C20H21NO5/c1-3-25-19(23)16(14-9-6-5-7-10-14)17(20(24)26-4-2)18(22)15-11-8-12-21-13-15/h5-13,16-17H,3-4H2,1-2H3/t16-,17+/m0/s1. The van der Waals surface area contributed by atoms with Gasteiger partial charge >= 0.3 is 11.9 Å². The minimum absolute atomic E-state index is 0.0972. The van der Waals surface area contributed by atoms with Gasteiger partial charge in [-0.05, 0) is 31.5 Å². The van der Waals surface area contributed by atoms with Gasteiger partial charge in [0.05, 0.1) is 13.2 Å². The number of rotatable bonds is 8. The average Bonchev–Trinajstić information content (AvgIpc) is 2.67. The van der Waals surface area contributed by atoms with E-state index in [1.165, 1.54) is 12.4 Å². The van der Waals surface area contributed by atoms with Gasteiger partial charge in [0.15, 0.2) is 5.78 Å². The lowest BCUT2D eigenvalue weighted by atomic mass is 9.81. The Morgan fingerprint density at radius 1 is 0.923 bits per heavy atom. The van der Waals surface area contributed by atoms with Gasteiger partial charge in [0, 0.05) is 18.0 Å². The Hall–Kier alpha value is -3.02. The highest BCUT2D eigenvalue weighted by Crippen LogP contribution is 2.30. The van der Waals surface area contributed by atoms with Crippen LogP contribution in [0.15, 0.2) is 54.9 Å². The van der Waals surface area contributed by atoms with Crippen molar-refractivity contribution in [1.82, 2.24) is 4.98 Å². The minimum Gasteiger partial charge on any atom is -0.465 e. The van der Waals surface area contributed by atoms with Crippen molar-refractivity contribution in [2.75, 3.05) is 13.2 Å². The topological polar surface area (TPSA) is 82.6 Å². The van der Waals surface area contributed by atoms with Crippen molar-refractivity contribution >= 4 is 17.7 Å². The number of carbonyl (C=O) groups excluding carboxylic acids is 3. The molecule has 0 aliphatic carbocycles. The number of ether oxygens (including phenoxy) is 2. The summed E-state index contributed by atoms with van der Waals surface area (Å²) in [5.74, 6) is -4.38. The molecule has 0 aliphatic heterocycles. The van der Waals surface area contributed by atoms with Crippen LogP contribution in [0.2, 0.25) is 0 Å². The van der Waals surface area contributed by atoms with Crippen LogP contribution in [0.4, 0.5) is 0 Å². The SMILES string of the molecule is CCOC(=O)[C@@H](C(=O)c1cccnc1)[C@@H](C(=O)OCC)c1ccccc1. The quantitative estimate of drug-likeness (QED) is 0.411. The highest BCUT2D eigenvalue weighted by molar-refractivity contribution is 6.11. The lowest BCUT2D eigenvalue weighted by Gasteiger charge is -2.23. The van der Waals surface area contributed by atoms with Crippen LogP contribution >= 0.6 is 0 Å². The number of hydrogen-bond acceptors (Lipinski definition) is 6. The first-order valence-corrected chi connectivity index (χ1v) is 8.42. The van der Waals surface area contributed by atoms with Crippen LogP contribution in [-0.4, -0.2) is 35.9 Å². The van der Waals surface area contributed by atoms with E-state index < -0.39 is 29.6 Å². The van der Waals surface area contributed by atoms with Gasteiger partial charge in [-0.25, -0.2) is 0 Å². The molecule has 0 unspecified atom stereocenters. The lowest BCUT2D eigenvalue weighted by molar-refractivity contribution is -0.155. The zero-order valence-corrected chi connectivity index (χ0v) is 14.8. The molecule has 6 heteroatoms. The predicted molar refractivity (Wildman–Crippen MR) is 94.5 cm³/mol. The number of benzene rings is 1. The lowest BCUT2D eigenvalue weighted by Crippen LogP contribution is -2.36. The molecule has 1 aromatic carbocycles. The second-order valence-corrected chi connectivity index (χ2v) is 5.48. The van der Waals surface area contributed by atoms with Crippen LogP contribution in [-0.2, 0) is 19.1 Å². The Bertz CT molecular complexity index is 745. The molecule has 2 aromatic rings. The molecule has 0 aliphatic rings. The van der Waals surface area contributed by atoms with E-state index in [-0.39, 0.29) is 18.8 Å². The van der Waals surface area contributed by atoms with Crippen molar-refractivity contribution in [1.29, 1.82) is 0 Å². The Morgan fingerprint density at radius 3 is 2.15 bits per heavy atom. The number of carbonyl (C=O) groups is 3.